The molecule has 2 N–H and O–H groups in total. The molecule has 1 rings (SSSR count). The third-order valence-electron chi connectivity index (χ3n) is 3.22. The topological polar surface area (TPSA) is 123 Å². The molecule has 0 amide bonds. The lowest BCUT2D eigenvalue weighted by Gasteiger charge is -2.15. The number of sulfonamides is 1. The van der Waals surface area contributed by atoms with Gasteiger partial charge in [-0.3, -0.25) is 9.78 Å². The van der Waals surface area contributed by atoms with E-state index in [1.54, 1.807) is 0 Å². The van der Waals surface area contributed by atoms with Crippen molar-refractivity contribution in [3.63, 3.8) is 0 Å². The molecule has 23 heavy (non-hydrogen) atoms. The number of carboxylic acid groups (broad SMARTS) is 1. The van der Waals surface area contributed by atoms with E-state index < -0.39 is 28.0 Å². The highest BCUT2D eigenvalue weighted by molar-refractivity contribution is 7.89. The van der Waals surface area contributed by atoms with Crippen molar-refractivity contribution in [3.8, 4) is 0 Å². The number of aliphatic carboxylic acids is 1. The summed E-state index contributed by atoms with van der Waals surface area (Å²) in [6, 6.07) is -0.113. The van der Waals surface area contributed by atoms with Crippen LogP contribution in [-0.4, -0.2) is 43.6 Å². The normalized spacial score (nSPS) is 12.7. The number of pyridine rings is 1. The number of nitrogens with zero attached hydrogens (tertiary/aromatic N) is 1. The molecule has 0 radical (unpaired) electrons. The molecule has 0 aliphatic heterocycles. The number of methoxy groups -OCH3 is 1. The zero-order chi connectivity index (χ0) is 17.6. The lowest BCUT2D eigenvalue weighted by Crippen LogP contribution is -2.40. The molecular formula is C14H20N2O6S. The maximum absolute atomic E-state index is 12.3. The van der Waals surface area contributed by atoms with Gasteiger partial charge in [0.1, 0.15) is 10.9 Å². The Bertz CT molecular complexity index is 687. The second kappa shape index (κ2) is 8.02. The first kappa shape index (κ1) is 19.0. The molecule has 8 nitrogen and oxygen atoms in total. The fourth-order valence-corrected chi connectivity index (χ4v) is 3.07. The number of ether oxygens (including phenoxy) is 1. The van der Waals surface area contributed by atoms with Crippen molar-refractivity contribution in [3.05, 3.63) is 23.5 Å². The largest absolute Gasteiger partial charge is 0.480 e. The Morgan fingerprint density at radius 1 is 1.43 bits per heavy atom. The van der Waals surface area contributed by atoms with E-state index in [1.807, 2.05) is 6.92 Å². The molecule has 1 aromatic heterocycles. The maximum atomic E-state index is 12.3. The SMILES string of the molecule is CCCC[C@H](NS(=O)(=O)c1cnc(C)c(C(=O)OC)c1)C(=O)O. The monoisotopic (exact) mass is 344 g/mol. The fourth-order valence-electron chi connectivity index (χ4n) is 1.87. The van der Waals surface area contributed by atoms with Crippen LogP contribution in [0.5, 0.6) is 0 Å². The van der Waals surface area contributed by atoms with Crippen molar-refractivity contribution < 1.29 is 27.9 Å². The Kier molecular flexibility index (Phi) is 6.64. The van der Waals surface area contributed by atoms with E-state index in [1.165, 1.54) is 14.0 Å². The summed E-state index contributed by atoms with van der Waals surface area (Å²) in [4.78, 5) is 26.4. The Hall–Kier alpha value is -2.00. The number of esters is 1. The first-order valence-corrected chi connectivity index (χ1v) is 8.51. The Labute approximate surface area is 134 Å². The number of unbranched alkanes of at least 4 members (excludes halogenated alkanes) is 1. The summed E-state index contributed by atoms with van der Waals surface area (Å²) in [5, 5.41) is 9.12. The number of hydrogen-bond donors (Lipinski definition) is 2. The Morgan fingerprint density at radius 2 is 2.09 bits per heavy atom. The van der Waals surface area contributed by atoms with Crippen molar-refractivity contribution in [1.82, 2.24) is 9.71 Å². The molecular weight excluding hydrogens is 324 g/mol. The average Bonchev–Trinajstić information content (AvgIpc) is 2.50. The van der Waals surface area contributed by atoms with Gasteiger partial charge >= 0.3 is 11.9 Å². The number of carboxylic acids is 1. The van der Waals surface area contributed by atoms with Crippen molar-refractivity contribution in [2.45, 2.75) is 44.0 Å². The lowest BCUT2D eigenvalue weighted by molar-refractivity contribution is -0.139. The summed E-state index contributed by atoms with van der Waals surface area (Å²) in [6.45, 7) is 3.41. The van der Waals surface area contributed by atoms with Gasteiger partial charge in [0.15, 0.2) is 0 Å². The van der Waals surface area contributed by atoms with Gasteiger partial charge in [0, 0.05) is 6.20 Å². The Morgan fingerprint density at radius 3 is 2.61 bits per heavy atom. The highest BCUT2D eigenvalue weighted by Gasteiger charge is 2.26. The van der Waals surface area contributed by atoms with Crippen LogP contribution in [0.4, 0.5) is 0 Å². The standard InChI is InChI=1S/C14H20N2O6S/c1-4-5-6-12(13(17)18)16-23(20,21)10-7-11(14(19)22-3)9(2)15-8-10/h7-8,12,16H,4-6H2,1-3H3,(H,17,18)/t12-/m0/s1. The minimum absolute atomic E-state index is 0.0100. The number of hydrogen-bond acceptors (Lipinski definition) is 6. The van der Waals surface area contributed by atoms with Gasteiger partial charge in [-0.2, -0.15) is 4.72 Å². The highest BCUT2D eigenvalue weighted by Crippen LogP contribution is 2.15. The molecule has 1 heterocycles. The van der Waals surface area contributed by atoms with Crippen molar-refractivity contribution in [1.29, 1.82) is 0 Å². The minimum Gasteiger partial charge on any atom is -0.480 e. The Balaban J connectivity index is 3.12. The molecule has 0 aliphatic carbocycles. The van der Waals surface area contributed by atoms with Crippen LogP contribution in [0, 0.1) is 6.92 Å². The molecule has 0 saturated heterocycles. The van der Waals surface area contributed by atoms with Crippen LogP contribution < -0.4 is 4.72 Å². The molecule has 0 bridgehead atoms. The van der Waals surface area contributed by atoms with Crippen molar-refractivity contribution in [2.75, 3.05) is 7.11 Å². The smallest absolute Gasteiger partial charge is 0.339 e. The van der Waals surface area contributed by atoms with Gasteiger partial charge in [-0.05, 0) is 19.4 Å². The molecule has 1 atom stereocenters. The van der Waals surface area contributed by atoms with Crippen LogP contribution >= 0.6 is 0 Å². The molecule has 0 saturated carbocycles. The van der Waals surface area contributed by atoms with Crippen molar-refractivity contribution in [2.24, 2.45) is 0 Å². The van der Waals surface area contributed by atoms with Gasteiger partial charge in [0.25, 0.3) is 0 Å². The maximum Gasteiger partial charge on any atom is 0.339 e. The van der Waals surface area contributed by atoms with Gasteiger partial charge in [-0.1, -0.05) is 19.8 Å². The first-order chi connectivity index (χ1) is 10.7. The molecule has 0 fully saturated rings. The molecule has 0 unspecified atom stereocenters. The number of carbonyl (C=O) groups is 2. The number of nitrogens with one attached hydrogen (secondary N) is 1. The number of aromatic nitrogens is 1. The van der Waals surface area contributed by atoms with Gasteiger partial charge < -0.3 is 9.84 Å². The quantitative estimate of drug-likeness (QED) is 0.677. The average molecular weight is 344 g/mol. The number of aryl methyl sites for hydroxylation is 1. The molecule has 0 aliphatic rings. The molecule has 128 valence electrons. The van der Waals surface area contributed by atoms with Crippen molar-refractivity contribution >= 4 is 22.0 Å². The van der Waals surface area contributed by atoms with E-state index in [0.717, 1.165) is 18.7 Å². The molecule has 0 spiro atoms. The van der Waals surface area contributed by atoms with Gasteiger partial charge in [0.05, 0.1) is 18.4 Å². The second-order valence-corrected chi connectivity index (χ2v) is 6.66. The summed E-state index contributed by atoms with van der Waals surface area (Å²) in [5.74, 6) is -1.97. The summed E-state index contributed by atoms with van der Waals surface area (Å²) >= 11 is 0. The third-order valence-corrected chi connectivity index (χ3v) is 4.66. The predicted octanol–water partition coefficient (Wildman–Crippen LogP) is 1.10. The number of carbonyl (C=O) groups excluding carboxylic acids is 1. The van der Waals surface area contributed by atoms with E-state index >= 15 is 0 Å². The van der Waals surface area contributed by atoms with Crippen LogP contribution in [0.15, 0.2) is 17.2 Å². The summed E-state index contributed by atoms with van der Waals surface area (Å²) in [7, 11) is -2.94. The first-order valence-electron chi connectivity index (χ1n) is 7.03. The van der Waals surface area contributed by atoms with E-state index in [2.05, 4.69) is 14.4 Å². The molecule has 0 aromatic carbocycles. The van der Waals surface area contributed by atoms with E-state index in [-0.39, 0.29) is 16.9 Å². The third kappa shape index (κ3) is 5.00. The summed E-state index contributed by atoms with van der Waals surface area (Å²) in [6.07, 6.45) is 2.56. The zero-order valence-electron chi connectivity index (χ0n) is 13.2. The fraction of sp³-hybridized carbons (Fsp3) is 0.500. The van der Waals surface area contributed by atoms with Crippen LogP contribution in [-0.2, 0) is 19.6 Å². The highest BCUT2D eigenvalue weighted by atomic mass is 32.2. The summed E-state index contributed by atoms with van der Waals surface area (Å²) in [5.41, 5.74) is 0.326. The lowest BCUT2D eigenvalue weighted by atomic mass is 10.1. The van der Waals surface area contributed by atoms with Gasteiger partial charge in [0.2, 0.25) is 10.0 Å². The van der Waals surface area contributed by atoms with Gasteiger partial charge in [-0.25, -0.2) is 13.2 Å². The van der Waals surface area contributed by atoms with E-state index in [0.29, 0.717) is 12.1 Å². The van der Waals surface area contributed by atoms with E-state index in [9.17, 15) is 18.0 Å². The van der Waals surface area contributed by atoms with E-state index in [4.69, 9.17) is 5.11 Å². The van der Waals surface area contributed by atoms with Gasteiger partial charge in [-0.15, -0.1) is 0 Å². The second-order valence-electron chi connectivity index (χ2n) is 4.95. The minimum atomic E-state index is -4.12. The van der Waals surface area contributed by atoms with Crippen LogP contribution in [0.25, 0.3) is 0 Å². The molecule has 9 heteroatoms. The van der Waals surface area contributed by atoms with Crippen LogP contribution in [0.1, 0.15) is 42.2 Å². The predicted molar refractivity (Wildman–Crippen MR) is 81.6 cm³/mol. The van der Waals surface area contributed by atoms with Crippen LogP contribution in [0.2, 0.25) is 0 Å². The van der Waals surface area contributed by atoms with Crippen LogP contribution in [0.3, 0.4) is 0 Å². The molecule has 1 aromatic rings. The zero-order valence-corrected chi connectivity index (χ0v) is 14.0. The number of rotatable bonds is 8. The summed E-state index contributed by atoms with van der Waals surface area (Å²) < 4.78 is 31.3.